The van der Waals surface area contributed by atoms with Crippen LogP contribution in [0, 0.1) is 6.92 Å². The van der Waals surface area contributed by atoms with Crippen molar-refractivity contribution in [1.82, 2.24) is 9.97 Å². The molecule has 0 fully saturated rings. The molecule has 0 aliphatic carbocycles. The zero-order chi connectivity index (χ0) is 17.5. The summed E-state index contributed by atoms with van der Waals surface area (Å²) in [5, 5.41) is 6.45. The van der Waals surface area contributed by atoms with Gasteiger partial charge in [-0.15, -0.1) is 0 Å². The lowest BCUT2D eigenvalue weighted by atomic mass is 10.2. The smallest absolute Gasteiger partial charge is 0.340 e. The fourth-order valence-corrected chi connectivity index (χ4v) is 2.14. The standard InChI is InChI=1S/C18H24N4O2/c1-5-12(3)19-18-20-13(4)11-16(22-18)21-15-10-8-7-9-14(15)17(23)24-6-2/h7-12H,5-6H2,1-4H3,(H2,19,20,21,22). The van der Waals surface area contributed by atoms with E-state index in [0.717, 1.165) is 12.1 Å². The van der Waals surface area contributed by atoms with E-state index in [4.69, 9.17) is 4.74 Å². The molecule has 0 bridgehead atoms. The van der Waals surface area contributed by atoms with E-state index in [9.17, 15) is 4.79 Å². The fraction of sp³-hybridized carbons (Fsp3) is 0.389. The van der Waals surface area contributed by atoms with Gasteiger partial charge in [0.05, 0.1) is 17.9 Å². The number of nitrogens with one attached hydrogen (secondary N) is 2. The van der Waals surface area contributed by atoms with Crippen LogP contribution in [0.2, 0.25) is 0 Å². The zero-order valence-corrected chi connectivity index (χ0v) is 14.6. The van der Waals surface area contributed by atoms with Crippen LogP contribution in [0.3, 0.4) is 0 Å². The van der Waals surface area contributed by atoms with Gasteiger partial charge in [-0.1, -0.05) is 19.1 Å². The molecule has 0 aliphatic heterocycles. The Balaban J connectivity index is 2.27. The molecular weight excluding hydrogens is 304 g/mol. The second-order valence-electron chi connectivity index (χ2n) is 5.56. The minimum absolute atomic E-state index is 0.284. The molecule has 2 rings (SSSR count). The molecule has 0 amide bonds. The van der Waals surface area contributed by atoms with Crippen LogP contribution in [0.5, 0.6) is 0 Å². The van der Waals surface area contributed by atoms with Gasteiger partial charge in [0.1, 0.15) is 5.82 Å². The van der Waals surface area contributed by atoms with Gasteiger partial charge in [0.15, 0.2) is 0 Å². The van der Waals surface area contributed by atoms with Crippen molar-refractivity contribution in [2.24, 2.45) is 0 Å². The number of aromatic nitrogens is 2. The Bertz CT molecular complexity index is 703. The number of esters is 1. The predicted octanol–water partition coefficient (Wildman–Crippen LogP) is 3.92. The first kappa shape index (κ1) is 17.7. The van der Waals surface area contributed by atoms with Crippen LogP contribution in [-0.2, 0) is 4.74 Å². The molecule has 0 saturated heterocycles. The van der Waals surface area contributed by atoms with E-state index in [1.807, 2.05) is 25.1 Å². The Hall–Kier alpha value is -2.63. The molecule has 1 unspecified atom stereocenters. The van der Waals surface area contributed by atoms with E-state index in [1.165, 1.54) is 0 Å². The van der Waals surface area contributed by atoms with E-state index in [2.05, 4.69) is 34.4 Å². The number of aryl methyl sites for hydroxylation is 1. The summed E-state index contributed by atoms with van der Waals surface area (Å²) in [7, 11) is 0. The summed E-state index contributed by atoms with van der Waals surface area (Å²) < 4.78 is 5.10. The number of hydrogen-bond acceptors (Lipinski definition) is 6. The summed E-state index contributed by atoms with van der Waals surface area (Å²) in [5.41, 5.74) is 1.97. The van der Waals surface area contributed by atoms with Crippen LogP contribution in [0.4, 0.5) is 17.5 Å². The average Bonchev–Trinajstić information content (AvgIpc) is 2.54. The summed E-state index contributed by atoms with van der Waals surface area (Å²) >= 11 is 0. The van der Waals surface area contributed by atoms with Crippen LogP contribution in [-0.4, -0.2) is 28.6 Å². The van der Waals surface area contributed by atoms with Gasteiger partial charge in [0.25, 0.3) is 0 Å². The molecular formula is C18H24N4O2. The molecule has 1 heterocycles. The third-order valence-electron chi connectivity index (χ3n) is 3.53. The van der Waals surface area contributed by atoms with Crippen molar-refractivity contribution < 1.29 is 9.53 Å². The monoisotopic (exact) mass is 328 g/mol. The maximum atomic E-state index is 12.1. The molecule has 128 valence electrons. The molecule has 1 atom stereocenters. The fourth-order valence-electron chi connectivity index (χ4n) is 2.14. The van der Waals surface area contributed by atoms with Gasteiger partial charge in [-0.25, -0.2) is 9.78 Å². The van der Waals surface area contributed by atoms with Gasteiger partial charge in [-0.05, 0) is 39.3 Å². The van der Waals surface area contributed by atoms with E-state index in [0.29, 0.717) is 29.6 Å². The molecule has 2 N–H and O–H groups in total. The second-order valence-corrected chi connectivity index (χ2v) is 5.56. The Labute approximate surface area is 142 Å². The average molecular weight is 328 g/mol. The number of carbonyl (C=O) groups is 1. The number of nitrogens with zero attached hydrogens (tertiary/aromatic N) is 2. The van der Waals surface area contributed by atoms with Gasteiger partial charge in [-0.2, -0.15) is 4.98 Å². The summed E-state index contributed by atoms with van der Waals surface area (Å²) in [6.07, 6.45) is 0.978. The van der Waals surface area contributed by atoms with Crippen molar-refractivity contribution in [3.05, 3.63) is 41.6 Å². The first-order valence-electron chi connectivity index (χ1n) is 8.18. The van der Waals surface area contributed by atoms with Crippen molar-refractivity contribution in [2.45, 2.75) is 40.2 Å². The van der Waals surface area contributed by atoms with Crippen molar-refractivity contribution in [3.8, 4) is 0 Å². The molecule has 6 nitrogen and oxygen atoms in total. The maximum Gasteiger partial charge on any atom is 0.340 e. The lowest BCUT2D eigenvalue weighted by Gasteiger charge is -2.14. The SMILES string of the molecule is CCOC(=O)c1ccccc1Nc1cc(C)nc(NC(C)CC)n1. The van der Waals surface area contributed by atoms with Crippen LogP contribution in [0.25, 0.3) is 0 Å². The molecule has 6 heteroatoms. The number of anilines is 3. The highest BCUT2D eigenvalue weighted by Gasteiger charge is 2.13. The minimum Gasteiger partial charge on any atom is -0.462 e. The highest BCUT2D eigenvalue weighted by atomic mass is 16.5. The highest BCUT2D eigenvalue weighted by Crippen LogP contribution is 2.22. The molecule has 0 spiro atoms. The van der Waals surface area contributed by atoms with E-state index < -0.39 is 0 Å². The maximum absolute atomic E-state index is 12.1. The summed E-state index contributed by atoms with van der Waals surface area (Å²) in [6.45, 7) is 8.21. The van der Waals surface area contributed by atoms with Crippen molar-refractivity contribution in [2.75, 3.05) is 17.2 Å². The lowest BCUT2D eigenvalue weighted by Crippen LogP contribution is -2.16. The molecule has 2 aromatic rings. The van der Waals surface area contributed by atoms with Gasteiger partial charge < -0.3 is 15.4 Å². The Morgan fingerprint density at radius 3 is 2.71 bits per heavy atom. The summed E-state index contributed by atoms with van der Waals surface area (Å²) in [5.74, 6) is 0.842. The Kier molecular flexibility index (Phi) is 6.12. The van der Waals surface area contributed by atoms with Gasteiger partial charge in [0, 0.05) is 17.8 Å². The van der Waals surface area contributed by atoms with Crippen molar-refractivity contribution in [3.63, 3.8) is 0 Å². The quantitative estimate of drug-likeness (QED) is 0.750. The third kappa shape index (κ3) is 4.68. The number of hydrogen-bond donors (Lipinski definition) is 2. The number of ether oxygens (including phenoxy) is 1. The highest BCUT2D eigenvalue weighted by molar-refractivity contribution is 5.96. The molecule has 1 aromatic heterocycles. The van der Waals surface area contributed by atoms with Crippen LogP contribution in [0.1, 0.15) is 43.2 Å². The number of para-hydroxylation sites is 1. The minimum atomic E-state index is -0.357. The van der Waals surface area contributed by atoms with Crippen LogP contribution < -0.4 is 10.6 Å². The molecule has 0 saturated carbocycles. The van der Waals surface area contributed by atoms with E-state index in [-0.39, 0.29) is 12.0 Å². The molecule has 0 aliphatic rings. The molecule has 24 heavy (non-hydrogen) atoms. The van der Waals surface area contributed by atoms with Crippen molar-refractivity contribution >= 4 is 23.4 Å². The van der Waals surface area contributed by atoms with Gasteiger partial charge in [0.2, 0.25) is 5.95 Å². The first-order chi connectivity index (χ1) is 11.5. The largest absolute Gasteiger partial charge is 0.462 e. The summed E-state index contributed by atoms with van der Waals surface area (Å²) in [6, 6.07) is 9.34. The van der Waals surface area contributed by atoms with Gasteiger partial charge in [-0.3, -0.25) is 0 Å². The van der Waals surface area contributed by atoms with Crippen LogP contribution >= 0.6 is 0 Å². The van der Waals surface area contributed by atoms with E-state index in [1.54, 1.807) is 19.1 Å². The first-order valence-corrected chi connectivity index (χ1v) is 8.18. The Morgan fingerprint density at radius 2 is 2.00 bits per heavy atom. The second kappa shape index (κ2) is 8.29. The van der Waals surface area contributed by atoms with Crippen molar-refractivity contribution in [1.29, 1.82) is 0 Å². The lowest BCUT2D eigenvalue weighted by molar-refractivity contribution is 0.0527. The normalized spacial score (nSPS) is 11.7. The third-order valence-corrected chi connectivity index (χ3v) is 3.53. The van der Waals surface area contributed by atoms with Gasteiger partial charge >= 0.3 is 5.97 Å². The molecule has 1 aromatic carbocycles. The molecule has 0 radical (unpaired) electrons. The summed E-state index contributed by atoms with van der Waals surface area (Å²) in [4.78, 5) is 20.9. The zero-order valence-electron chi connectivity index (χ0n) is 14.6. The van der Waals surface area contributed by atoms with E-state index >= 15 is 0 Å². The topological polar surface area (TPSA) is 76.1 Å². The number of rotatable bonds is 7. The number of benzene rings is 1. The predicted molar refractivity (Wildman–Crippen MR) is 95.8 cm³/mol. The van der Waals surface area contributed by atoms with Crippen LogP contribution in [0.15, 0.2) is 30.3 Å². The Morgan fingerprint density at radius 1 is 1.25 bits per heavy atom. The number of carbonyl (C=O) groups excluding carboxylic acids is 1.